The Kier molecular flexibility index (Phi) is 6.31. The van der Waals surface area contributed by atoms with Gasteiger partial charge in [-0.2, -0.15) is 0 Å². The van der Waals surface area contributed by atoms with Crippen molar-refractivity contribution in [2.45, 2.75) is 13.8 Å². The van der Waals surface area contributed by atoms with E-state index in [2.05, 4.69) is 5.32 Å². The van der Waals surface area contributed by atoms with Crippen molar-refractivity contribution in [1.29, 1.82) is 0 Å². The maximum absolute atomic E-state index is 13.4. The van der Waals surface area contributed by atoms with Crippen molar-refractivity contribution in [3.63, 3.8) is 0 Å². The number of carbonyl (C=O) groups is 2. The Bertz CT molecular complexity index is 475. The van der Waals surface area contributed by atoms with Crippen molar-refractivity contribution >= 4 is 11.7 Å². The molecule has 0 heterocycles. The highest BCUT2D eigenvalue weighted by atomic mass is 19.1. The van der Waals surface area contributed by atoms with Crippen LogP contribution in [-0.4, -0.2) is 43.3 Å². The molecule has 1 aromatic rings. The van der Waals surface area contributed by atoms with Gasteiger partial charge in [-0.15, -0.1) is 0 Å². The first-order valence-electron chi connectivity index (χ1n) is 6.63. The highest BCUT2D eigenvalue weighted by Crippen LogP contribution is 2.07. The van der Waals surface area contributed by atoms with Crippen molar-refractivity contribution in [2.75, 3.05) is 26.7 Å². The summed E-state index contributed by atoms with van der Waals surface area (Å²) in [5, 5.41) is 2.77. The van der Waals surface area contributed by atoms with E-state index in [1.54, 1.807) is 18.0 Å². The van der Waals surface area contributed by atoms with Crippen LogP contribution in [0.4, 0.5) is 4.39 Å². The van der Waals surface area contributed by atoms with E-state index < -0.39 is 5.82 Å². The second-order valence-corrected chi connectivity index (χ2v) is 5.27. The molecule has 0 saturated heterocycles. The molecule has 0 fully saturated rings. The Balaban J connectivity index is 2.46. The Labute approximate surface area is 119 Å². The van der Waals surface area contributed by atoms with E-state index in [1.165, 1.54) is 18.2 Å². The van der Waals surface area contributed by atoms with E-state index in [9.17, 15) is 14.0 Å². The lowest BCUT2D eigenvalue weighted by atomic mass is 10.1. The molecule has 0 unspecified atom stereocenters. The van der Waals surface area contributed by atoms with Gasteiger partial charge in [0, 0.05) is 6.54 Å². The molecule has 0 spiro atoms. The quantitative estimate of drug-likeness (QED) is 0.774. The number of halogens is 1. The average Bonchev–Trinajstić information content (AvgIpc) is 2.36. The molecule has 0 radical (unpaired) electrons. The predicted molar refractivity (Wildman–Crippen MR) is 76.1 cm³/mol. The SMILES string of the molecule is CC(C)CNC(=O)CN(C)CC(=O)c1ccccc1F. The minimum absolute atomic E-state index is 0.00995. The van der Waals surface area contributed by atoms with Crippen molar-refractivity contribution in [3.8, 4) is 0 Å². The van der Waals surface area contributed by atoms with E-state index in [4.69, 9.17) is 0 Å². The molecular weight excluding hydrogens is 259 g/mol. The smallest absolute Gasteiger partial charge is 0.234 e. The summed E-state index contributed by atoms with van der Waals surface area (Å²) in [6.07, 6.45) is 0. The molecule has 4 nitrogen and oxygen atoms in total. The number of rotatable bonds is 7. The predicted octanol–water partition coefficient (Wildman–Crippen LogP) is 1.71. The van der Waals surface area contributed by atoms with Gasteiger partial charge in [-0.25, -0.2) is 4.39 Å². The summed E-state index contributed by atoms with van der Waals surface area (Å²) >= 11 is 0. The number of amides is 1. The molecule has 5 heteroatoms. The number of nitrogens with one attached hydrogen (secondary N) is 1. The lowest BCUT2D eigenvalue weighted by molar-refractivity contribution is -0.121. The van der Waals surface area contributed by atoms with Gasteiger partial charge in [0.25, 0.3) is 0 Å². The average molecular weight is 280 g/mol. The summed E-state index contributed by atoms with van der Waals surface area (Å²) in [6.45, 7) is 4.74. The Morgan fingerprint density at radius 3 is 2.50 bits per heavy atom. The molecule has 0 aromatic heterocycles. The third kappa shape index (κ3) is 5.48. The number of likely N-dealkylation sites (N-methyl/N-ethyl adjacent to an activating group) is 1. The van der Waals surface area contributed by atoms with Crippen LogP contribution < -0.4 is 5.32 Å². The third-order valence-electron chi connectivity index (χ3n) is 2.71. The summed E-state index contributed by atoms with van der Waals surface area (Å²) in [7, 11) is 1.66. The van der Waals surface area contributed by atoms with Crippen LogP contribution in [0.15, 0.2) is 24.3 Å². The van der Waals surface area contributed by atoms with Crippen molar-refractivity contribution < 1.29 is 14.0 Å². The van der Waals surface area contributed by atoms with Crippen molar-refractivity contribution in [1.82, 2.24) is 10.2 Å². The van der Waals surface area contributed by atoms with Crippen LogP contribution in [0.3, 0.4) is 0 Å². The number of hydrogen-bond donors (Lipinski definition) is 1. The third-order valence-corrected chi connectivity index (χ3v) is 2.71. The fraction of sp³-hybridized carbons (Fsp3) is 0.467. The van der Waals surface area contributed by atoms with E-state index in [1.807, 2.05) is 13.8 Å². The van der Waals surface area contributed by atoms with Gasteiger partial charge in [0.1, 0.15) is 5.82 Å². The lowest BCUT2D eigenvalue weighted by Gasteiger charge is -2.16. The van der Waals surface area contributed by atoms with E-state index in [0.29, 0.717) is 12.5 Å². The van der Waals surface area contributed by atoms with Crippen LogP contribution >= 0.6 is 0 Å². The van der Waals surface area contributed by atoms with E-state index >= 15 is 0 Å². The van der Waals surface area contributed by atoms with Crippen LogP contribution in [0.25, 0.3) is 0 Å². The summed E-state index contributed by atoms with van der Waals surface area (Å²) in [5.41, 5.74) is 0.0574. The zero-order chi connectivity index (χ0) is 15.1. The second kappa shape index (κ2) is 7.75. The monoisotopic (exact) mass is 280 g/mol. The summed E-state index contributed by atoms with van der Waals surface area (Å²) in [4.78, 5) is 25.1. The second-order valence-electron chi connectivity index (χ2n) is 5.27. The van der Waals surface area contributed by atoms with Crippen LogP contribution in [-0.2, 0) is 4.79 Å². The summed E-state index contributed by atoms with van der Waals surface area (Å²) < 4.78 is 13.4. The number of benzene rings is 1. The van der Waals surface area contributed by atoms with Gasteiger partial charge in [-0.1, -0.05) is 26.0 Å². The number of hydrogen-bond acceptors (Lipinski definition) is 3. The molecule has 0 aliphatic carbocycles. The molecule has 110 valence electrons. The highest BCUT2D eigenvalue weighted by Gasteiger charge is 2.15. The largest absolute Gasteiger partial charge is 0.355 e. The van der Waals surface area contributed by atoms with Gasteiger partial charge in [-0.3, -0.25) is 14.5 Å². The number of Topliss-reactive ketones (excluding diaryl/α,β-unsaturated/α-hetero) is 1. The molecule has 0 aliphatic rings. The lowest BCUT2D eigenvalue weighted by Crippen LogP contribution is -2.38. The Hall–Kier alpha value is -1.75. The first kappa shape index (κ1) is 16.3. The zero-order valence-electron chi connectivity index (χ0n) is 12.1. The zero-order valence-corrected chi connectivity index (χ0v) is 12.1. The van der Waals surface area contributed by atoms with Crippen molar-refractivity contribution in [3.05, 3.63) is 35.6 Å². The minimum Gasteiger partial charge on any atom is -0.355 e. The normalized spacial score (nSPS) is 10.9. The van der Waals surface area contributed by atoms with Gasteiger partial charge in [0.05, 0.1) is 18.7 Å². The fourth-order valence-electron chi connectivity index (χ4n) is 1.69. The van der Waals surface area contributed by atoms with Crippen LogP contribution in [0.1, 0.15) is 24.2 Å². The molecule has 0 saturated carbocycles. The van der Waals surface area contributed by atoms with E-state index in [0.717, 1.165) is 0 Å². The van der Waals surface area contributed by atoms with Gasteiger partial charge in [0.2, 0.25) is 5.91 Å². The van der Waals surface area contributed by atoms with Gasteiger partial charge >= 0.3 is 0 Å². The molecule has 0 bridgehead atoms. The highest BCUT2D eigenvalue weighted by molar-refractivity contribution is 5.98. The van der Waals surface area contributed by atoms with Gasteiger partial charge in [0.15, 0.2) is 5.78 Å². The molecule has 1 N–H and O–H groups in total. The molecular formula is C15H21FN2O2. The Morgan fingerprint density at radius 1 is 1.25 bits per heavy atom. The minimum atomic E-state index is -0.532. The fourth-order valence-corrected chi connectivity index (χ4v) is 1.69. The first-order chi connectivity index (χ1) is 9.40. The number of carbonyl (C=O) groups excluding carboxylic acids is 2. The molecule has 0 atom stereocenters. The summed E-state index contributed by atoms with van der Waals surface area (Å²) in [6, 6.07) is 5.85. The summed E-state index contributed by atoms with van der Waals surface area (Å²) in [5.74, 6) is -0.621. The van der Waals surface area contributed by atoms with Crippen LogP contribution in [0.2, 0.25) is 0 Å². The number of nitrogens with zero attached hydrogens (tertiary/aromatic N) is 1. The maximum Gasteiger partial charge on any atom is 0.234 e. The van der Waals surface area contributed by atoms with Gasteiger partial charge in [-0.05, 0) is 25.1 Å². The first-order valence-corrected chi connectivity index (χ1v) is 6.63. The van der Waals surface area contributed by atoms with Crippen molar-refractivity contribution in [2.24, 2.45) is 5.92 Å². The topological polar surface area (TPSA) is 49.4 Å². The maximum atomic E-state index is 13.4. The standard InChI is InChI=1S/C15H21FN2O2/c1-11(2)8-17-15(20)10-18(3)9-14(19)12-6-4-5-7-13(12)16/h4-7,11H,8-10H2,1-3H3,(H,17,20). The number of ketones is 1. The van der Waals surface area contributed by atoms with Crippen LogP contribution in [0.5, 0.6) is 0 Å². The van der Waals surface area contributed by atoms with E-state index in [-0.39, 0.29) is 30.3 Å². The molecule has 1 rings (SSSR count). The molecule has 0 aliphatic heterocycles. The van der Waals surface area contributed by atoms with Crippen LogP contribution in [0, 0.1) is 11.7 Å². The molecule has 1 amide bonds. The van der Waals surface area contributed by atoms with Gasteiger partial charge < -0.3 is 5.32 Å². The molecule has 1 aromatic carbocycles. The molecule has 20 heavy (non-hydrogen) atoms. The Morgan fingerprint density at radius 2 is 1.90 bits per heavy atom.